The molecule has 206 valence electrons. The Morgan fingerprint density at radius 2 is 2.00 bits per heavy atom. The van der Waals surface area contributed by atoms with Gasteiger partial charge in [-0.1, -0.05) is 11.8 Å². The van der Waals surface area contributed by atoms with Crippen molar-refractivity contribution in [3.05, 3.63) is 73.1 Å². The van der Waals surface area contributed by atoms with Crippen LogP contribution in [0.5, 0.6) is 11.5 Å². The highest BCUT2D eigenvalue weighted by molar-refractivity contribution is 5.89. The predicted octanol–water partition coefficient (Wildman–Crippen LogP) is 4.37. The maximum Gasteiger partial charge on any atom is 0.246 e. The highest BCUT2D eigenvalue weighted by Crippen LogP contribution is 2.36. The normalized spacial score (nSPS) is 18.2. The van der Waals surface area contributed by atoms with E-state index in [1.807, 2.05) is 67.4 Å². The third-order valence-electron chi connectivity index (χ3n) is 8.04. The number of aromatic nitrogens is 6. The number of aryl methyl sites for hydroxylation is 2. The Morgan fingerprint density at radius 1 is 1.10 bits per heavy atom. The number of fused-ring (bicyclic) bond motifs is 3. The zero-order valence-electron chi connectivity index (χ0n) is 22.9. The number of pyridine rings is 1. The molecule has 0 radical (unpaired) electrons. The number of amides is 1. The van der Waals surface area contributed by atoms with Crippen LogP contribution in [0.25, 0.3) is 22.1 Å². The summed E-state index contributed by atoms with van der Waals surface area (Å²) in [5.41, 5.74) is 5.00. The predicted molar refractivity (Wildman–Crippen MR) is 156 cm³/mol. The lowest BCUT2D eigenvalue weighted by Crippen LogP contribution is -2.37. The summed E-state index contributed by atoms with van der Waals surface area (Å²) in [4.78, 5) is 30.4. The number of hydrogen-bond acceptors (Lipinski definition) is 9. The molecule has 2 saturated heterocycles. The molecule has 11 nitrogen and oxygen atoms in total. The summed E-state index contributed by atoms with van der Waals surface area (Å²) in [7, 11) is 1.86. The molecule has 0 saturated carbocycles. The van der Waals surface area contributed by atoms with Gasteiger partial charge in [-0.2, -0.15) is 0 Å². The minimum atomic E-state index is -0.0102. The van der Waals surface area contributed by atoms with Crippen LogP contribution in [0, 0.1) is 12.8 Å². The van der Waals surface area contributed by atoms with Gasteiger partial charge >= 0.3 is 0 Å². The van der Waals surface area contributed by atoms with Crippen LogP contribution in [-0.2, 0) is 11.8 Å². The summed E-state index contributed by atoms with van der Waals surface area (Å²) in [6.07, 6.45) is 3.97. The van der Waals surface area contributed by atoms with Gasteiger partial charge in [-0.25, -0.2) is 19.6 Å². The lowest BCUT2D eigenvalue weighted by Gasteiger charge is -2.26. The SMILES string of the molecule is C=CC(=O)N1CC2CCN(c3ccc4ncnc(Nc5ccc(Oc6ccc7c(c6)nnn7C)c(C)c5)c4n3)C2C1. The number of ether oxygens (including phenoxy) is 1. The van der Waals surface area contributed by atoms with Crippen LogP contribution in [0.3, 0.4) is 0 Å². The van der Waals surface area contributed by atoms with E-state index in [0.717, 1.165) is 58.9 Å². The maximum absolute atomic E-state index is 12.2. The topological polar surface area (TPSA) is 114 Å². The molecule has 2 fully saturated rings. The lowest BCUT2D eigenvalue weighted by molar-refractivity contribution is -0.125. The van der Waals surface area contributed by atoms with Crippen LogP contribution < -0.4 is 15.0 Å². The number of nitrogens with one attached hydrogen (secondary N) is 1. The first-order chi connectivity index (χ1) is 20.0. The Balaban J connectivity index is 1.12. The number of nitrogens with zero attached hydrogens (tertiary/aromatic N) is 8. The van der Waals surface area contributed by atoms with Crippen molar-refractivity contribution in [2.24, 2.45) is 13.0 Å². The highest BCUT2D eigenvalue weighted by Gasteiger charge is 2.43. The molecule has 5 aromatic rings. The van der Waals surface area contributed by atoms with Gasteiger partial charge in [0.05, 0.1) is 17.1 Å². The second kappa shape index (κ2) is 9.84. The van der Waals surface area contributed by atoms with E-state index in [9.17, 15) is 4.79 Å². The fraction of sp³-hybridized carbons (Fsp3) is 0.267. The summed E-state index contributed by atoms with van der Waals surface area (Å²) in [5, 5.41) is 11.7. The van der Waals surface area contributed by atoms with E-state index in [2.05, 4.69) is 37.1 Å². The molecule has 2 aromatic carbocycles. The molecular weight excluding hydrogens is 518 g/mol. The standard InChI is InChI=1S/C30H29N9O2/c1-4-28(40)38-15-19-11-12-39(25(19)16-38)27-10-7-22-29(34-27)30(32-17-31-22)33-20-5-9-26(18(2)13-20)41-21-6-8-24-23(14-21)35-36-37(24)3/h4-10,13-14,17,19,25H,1,11-12,15-16H2,2-3H3,(H,31,32,33). The number of carbonyl (C=O) groups is 1. The first kappa shape index (κ1) is 24.9. The van der Waals surface area contributed by atoms with Gasteiger partial charge in [-0.3, -0.25) is 4.79 Å². The zero-order valence-corrected chi connectivity index (χ0v) is 22.9. The minimum Gasteiger partial charge on any atom is -0.457 e. The Labute approximate surface area is 236 Å². The molecule has 2 atom stereocenters. The summed E-state index contributed by atoms with van der Waals surface area (Å²) in [6.45, 7) is 8.01. The largest absolute Gasteiger partial charge is 0.457 e. The molecule has 7 rings (SSSR count). The van der Waals surface area contributed by atoms with Gasteiger partial charge in [0, 0.05) is 44.4 Å². The number of likely N-dealkylation sites (tertiary alicyclic amines) is 1. The second-order valence-corrected chi connectivity index (χ2v) is 10.6. The van der Waals surface area contributed by atoms with Gasteiger partial charge in [-0.05, 0) is 67.4 Å². The van der Waals surface area contributed by atoms with Crippen molar-refractivity contribution < 1.29 is 9.53 Å². The first-order valence-electron chi connectivity index (χ1n) is 13.6. The Kier molecular flexibility index (Phi) is 5.99. The number of benzene rings is 2. The van der Waals surface area contributed by atoms with Crippen LogP contribution in [0.15, 0.2) is 67.5 Å². The fourth-order valence-electron chi connectivity index (χ4n) is 5.93. The number of anilines is 3. The molecule has 2 aliphatic rings. The van der Waals surface area contributed by atoms with Gasteiger partial charge in [0.15, 0.2) is 5.82 Å². The third-order valence-corrected chi connectivity index (χ3v) is 8.04. The monoisotopic (exact) mass is 547 g/mol. The number of hydrogen-bond donors (Lipinski definition) is 1. The van der Waals surface area contributed by atoms with Crippen LogP contribution in [0.2, 0.25) is 0 Å². The molecule has 0 spiro atoms. The van der Waals surface area contributed by atoms with Gasteiger partial charge in [0.2, 0.25) is 5.91 Å². The molecule has 1 amide bonds. The van der Waals surface area contributed by atoms with E-state index in [0.29, 0.717) is 29.5 Å². The van der Waals surface area contributed by atoms with Crippen LogP contribution in [0.1, 0.15) is 12.0 Å². The lowest BCUT2D eigenvalue weighted by atomic mass is 10.1. The molecular formula is C30H29N9O2. The third kappa shape index (κ3) is 4.48. The van der Waals surface area contributed by atoms with Gasteiger partial charge in [0.25, 0.3) is 0 Å². The van der Waals surface area contributed by atoms with Crippen molar-refractivity contribution >= 4 is 45.3 Å². The molecule has 1 N–H and O–H groups in total. The van der Waals surface area contributed by atoms with Crippen molar-refractivity contribution in [2.45, 2.75) is 19.4 Å². The van der Waals surface area contributed by atoms with Gasteiger partial charge in [-0.15, -0.1) is 5.10 Å². The average molecular weight is 548 g/mol. The Bertz CT molecular complexity index is 1820. The minimum absolute atomic E-state index is 0.0102. The molecule has 2 aliphatic heterocycles. The van der Waals surface area contributed by atoms with E-state index >= 15 is 0 Å². The van der Waals surface area contributed by atoms with Crippen molar-refractivity contribution in [3.8, 4) is 11.5 Å². The molecule has 11 heteroatoms. The van der Waals surface area contributed by atoms with E-state index in [4.69, 9.17) is 9.72 Å². The molecule has 2 unspecified atom stereocenters. The molecule has 0 bridgehead atoms. The molecule has 3 aromatic heterocycles. The van der Waals surface area contributed by atoms with Gasteiger partial charge in [0.1, 0.15) is 34.7 Å². The molecule has 41 heavy (non-hydrogen) atoms. The second-order valence-electron chi connectivity index (χ2n) is 10.6. The van der Waals surface area contributed by atoms with Crippen LogP contribution >= 0.6 is 0 Å². The summed E-state index contributed by atoms with van der Waals surface area (Å²) < 4.78 is 7.89. The van der Waals surface area contributed by atoms with Crippen molar-refractivity contribution in [2.75, 3.05) is 29.9 Å². The van der Waals surface area contributed by atoms with Crippen molar-refractivity contribution in [3.63, 3.8) is 0 Å². The summed E-state index contributed by atoms with van der Waals surface area (Å²) in [5.74, 6) is 3.37. The quantitative estimate of drug-likeness (QED) is 0.310. The molecule has 5 heterocycles. The van der Waals surface area contributed by atoms with Crippen molar-refractivity contribution in [1.82, 2.24) is 34.8 Å². The maximum atomic E-state index is 12.2. The highest BCUT2D eigenvalue weighted by atomic mass is 16.5. The van der Waals surface area contributed by atoms with Gasteiger partial charge < -0.3 is 19.9 Å². The smallest absolute Gasteiger partial charge is 0.246 e. The molecule has 0 aliphatic carbocycles. The number of carbonyl (C=O) groups excluding carboxylic acids is 1. The zero-order chi connectivity index (χ0) is 28.1. The van der Waals surface area contributed by atoms with Crippen LogP contribution in [-0.4, -0.2) is 66.4 Å². The Hall–Kier alpha value is -5.06. The fourth-order valence-corrected chi connectivity index (χ4v) is 5.93. The van der Waals surface area contributed by atoms with E-state index < -0.39 is 0 Å². The van der Waals surface area contributed by atoms with E-state index in [-0.39, 0.29) is 11.9 Å². The summed E-state index contributed by atoms with van der Waals surface area (Å²) >= 11 is 0. The van der Waals surface area contributed by atoms with Crippen LogP contribution in [0.4, 0.5) is 17.3 Å². The number of rotatable bonds is 6. The summed E-state index contributed by atoms with van der Waals surface area (Å²) in [6, 6.07) is 15.9. The average Bonchev–Trinajstić information content (AvgIpc) is 3.69. The van der Waals surface area contributed by atoms with E-state index in [1.54, 1.807) is 11.0 Å². The first-order valence-corrected chi connectivity index (χ1v) is 13.6. The van der Waals surface area contributed by atoms with E-state index in [1.165, 1.54) is 6.08 Å². The van der Waals surface area contributed by atoms with Crippen molar-refractivity contribution in [1.29, 1.82) is 0 Å². The Morgan fingerprint density at radius 3 is 2.85 bits per heavy atom.